The zero-order valence-electron chi connectivity index (χ0n) is 37.7. The van der Waals surface area contributed by atoms with Crippen molar-refractivity contribution in [3.63, 3.8) is 0 Å². The van der Waals surface area contributed by atoms with Crippen molar-refractivity contribution in [2.45, 2.75) is 65.0 Å². The van der Waals surface area contributed by atoms with E-state index in [4.69, 9.17) is 47.9 Å². The molecule has 4 aromatic carbocycles. The maximum Gasteiger partial charge on any atom is 0.320 e. The predicted molar refractivity (Wildman–Crippen MR) is 251 cm³/mol. The summed E-state index contributed by atoms with van der Waals surface area (Å²) in [6.07, 6.45) is 2.75. The summed E-state index contributed by atoms with van der Waals surface area (Å²) < 4.78 is 50.6. The molecule has 1 amide bonds. The first-order valence-electron chi connectivity index (χ1n) is 20.6. The van der Waals surface area contributed by atoms with Gasteiger partial charge in [-0.05, 0) is 64.1 Å². The molecule has 6 rings (SSSR count). The highest BCUT2D eigenvalue weighted by Gasteiger charge is 2.28. The molecule has 0 saturated heterocycles. The van der Waals surface area contributed by atoms with Crippen molar-refractivity contribution in [3.8, 4) is 11.5 Å². The fourth-order valence-electron chi connectivity index (χ4n) is 7.26. The number of primary amides is 1. The van der Waals surface area contributed by atoms with E-state index < -0.39 is 35.6 Å². The number of methoxy groups -OCH3 is 4. The van der Waals surface area contributed by atoms with Crippen LogP contribution in [-0.2, 0) is 32.2 Å². The van der Waals surface area contributed by atoms with Crippen LogP contribution in [0.4, 0.5) is 31.8 Å². The van der Waals surface area contributed by atoms with Gasteiger partial charge in [0.1, 0.15) is 41.8 Å². The van der Waals surface area contributed by atoms with Gasteiger partial charge in [-0.2, -0.15) is 0 Å². The number of carboxylic acid groups (broad SMARTS) is 1. The summed E-state index contributed by atoms with van der Waals surface area (Å²) in [5, 5.41) is 16.9. The Morgan fingerprint density at radius 3 is 1.45 bits per heavy atom. The molecule has 5 N–H and O–H groups in total. The fourth-order valence-corrected chi connectivity index (χ4v) is 7.61. The van der Waals surface area contributed by atoms with E-state index in [1.807, 2.05) is 35.8 Å². The smallest absolute Gasteiger partial charge is 0.320 e. The minimum Gasteiger partial charge on any atom is -0.496 e. The highest BCUT2D eigenvalue weighted by molar-refractivity contribution is 6.31. The molecule has 0 radical (unpaired) electrons. The molecule has 0 aliphatic carbocycles. The number of benzene rings is 4. The van der Waals surface area contributed by atoms with Gasteiger partial charge >= 0.3 is 5.97 Å². The van der Waals surface area contributed by atoms with Crippen molar-refractivity contribution in [3.05, 3.63) is 106 Å². The van der Waals surface area contributed by atoms with Crippen LogP contribution >= 0.6 is 23.2 Å². The van der Waals surface area contributed by atoms with E-state index in [9.17, 15) is 23.5 Å². The van der Waals surface area contributed by atoms with E-state index in [-0.39, 0.29) is 40.0 Å². The third-order valence-corrected chi connectivity index (χ3v) is 11.5. The molecule has 6 aromatic rings. The van der Waals surface area contributed by atoms with Crippen LogP contribution in [0, 0.1) is 11.6 Å². The summed E-state index contributed by atoms with van der Waals surface area (Å²) in [4.78, 5) is 44.6. The molecule has 0 aliphatic heterocycles. The molecule has 0 saturated carbocycles. The molecule has 20 heteroatoms. The molecule has 0 spiro atoms. The van der Waals surface area contributed by atoms with Crippen molar-refractivity contribution in [2.24, 2.45) is 5.73 Å². The number of nitrogens with zero attached hydrogens (tertiary/aromatic N) is 6. The Kier molecular flexibility index (Phi) is 18.1. The number of aliphatic carboxylic acids is 1. The molecule has 0 aliphatic rings. The summed E-state index contributed by atoms with van der Waals surface area (Å²) in [5.74, 6) is -0.623. The van der Waals surface area contributed by atoms with E-state index >= 15 is 0 Å². The van der Waals surface area contributed by atoms with Crippen molar-refractivity contribution in [2.75, 3.05) is 52.3 Å². The average molecular weight is 953 g/mol. The first-order chi connectivity index (χ1) is 31.5. The van der Waals surface area contributed by atoms with Gasteiger partial charge < -0.3 is 40.4 Å². The van der Waals surface area contributed by atoms with E-state index in [0.29, 0.717) is 64.7 Å². The van der Waals surface area contributed by atoms with Gasteiger partial charge in [0, 0.05) is 73.4 Å². The van der Waals surface area contributed by atoms with Gasteiger partial charge in [-0.1, -0.05) is 35.3 Å². The fraction of sp³-hybridized carbons (Fsp3) is 0.348. The highest BCUT2D eigenvalue weighted by atomic mass is 35.5. The predicted octanol–water partition coefficient (Wildman–Crippen LogP) is 8.37. The molecule has 0 bridgehead atoms. The number of carboxylic acids is 1. The molecule has 2 aromatic heterocycles. The minimum absolute atomic E-state index is 0.00364. The number of hydrogen-bond acceptors (Lipinski definition) is 14. The first kappa shape index (κ1) is 51.0. The Morgan fingerprint density at radius 1 is 0.682 bits per heavy atom. The number of rotatable bonds is 20. The molecule has 0 fully saturated rings. The Morgan fingerprint density at radius 2 is 1.09 bits per heavy atom. The molecule has 4 atom stereocenters. The van der Waals surface area contributed by atoms with Gasteiger partial charge in [0.2, 0.25) is 5.91 Å². The summed E-state index contributed by atoms with van der Waals surface area (Å²) in [6.45, 7) is 8.63. The van der Waals surface area contributed by atoms with Crippen molar-refractivity contribution < 1.29 is 42.4 Å². The number of nitrogens with two attached hydrogens (primary N) is 1. The first-order valence-corrected chi connectivity index (χ1v) is 21.4. The quantitative estimate of drug-likeness (QED) is 0.0569. The van der Waals surface area contributed by atoms with Gasteiger partial charge in [-0.25, -0.2) is 28.7 Å². The molecule has 352 valence electrons. The number of carbonyl (C=O) groups excluding carboxylic acids is 1. The second kappa shape index (κ2) is 23.4. The lowest BCUT2D eigenvalue weighted by Crippen LogP contribution is -2.48. The van der Waals surface area contributed by atoms with Gasteiger partial charge in [-0.15, -0.1) is 0 Å². The van der Waals surface area contributed by atoms with Crippen LogP contribution in [0.5, 0.6) is 11.5 Å². The third kappa shape index (κ3) is 12.2. The molecule has 2 heterocycles. The minimum atomic E-state index is -0.945. The Bertz CT molecular complexity index is 2470. The lowest BCUT2D eigenvalue weighted by molar-refractivity contribution is -0.144. The third-order valence-electron chi connectivity index (χ3n) is 10.9. The molecular formula is C46H53Cl2F2N9O7. The number of amides is 1. The molecule has 66 heavy (non-hydrogen) atoms. The summed E-state index contributed by atoms with van der Waals surface area (Å²) in [5.41, 5.74) is 8.66. The normalized spacial score (nSPS) is 13.2. The summed E-state index contributed by atoms with van der Waals surface area (Å²) in [7, 11) is 6.27. The monoisotopic (exact) mass is 951 g/mol. The average Bonchev–Trinajstić information content (AvgIpc) is 3.29. The van der Waals surface area contributed by atoms with Crippen LogP contribution in [0.25, 0.3) is 21.8 Å². The molecule has 16 nitrogen and oxygen atoms in total. The van der Waals surface area contributed by atoms with Crippen LogP contribution in [0.15, 0.2) is 73.3 Å². The number of halogens is 4. The van der Waals surface area contributed by atoms with Crippen molar-refractivity contribution >= 4 is 79.9 Å². The number of hydrogen-bond donors (Lipinski definition) is 4. The van der Waals surface area contributed by atoms with Crippen LogP contribution < -0.4 is 25.8 Å². The summed E-state index contributed by atoms with van der Waals surface area (Å²) >= 11 is 11.8. The number of nitrogens with one attached hydrogen (secondary N) is 2. The lowest BCUT2D eigenvalue weighted by atomic mass is 10.1. The second-order valence-electron chi connectivity index (χ2n) is 15.3. The molecule has 0 unspecified atom stereocenters. The van der Waals surface area contributed by atoms with Gasteiger partial charge in [-0.3, -0.25) is 19.4 Å². The SMILES string of the molecule is COC[C@H](C)N(Cc1cc2c(Nc3cccc(Cl)c3F)ncnc2cc1OC)[C@@H](C)C(=O)O.COC[C@H](C)N(Cc1cc2c(Nc3cccc(Cl)c3F)ncnc2cc1OC)[C@@H](C)C(N)=O. The topological polar surface area (TPSA) is 199 Å². The lowest BCUT2D eigenvalue weighted by Gasteiger charge is -2.33. The maximum absolute atomic E-state index is 14.5. The number of ether oxygens (including phenoxy) is 4. The zero-order chi connectivity index (χ0) is 48.2. The highest BCUT2D eigenvalue weighted by Crippen LogP contribution is 2.35. The summed E-state index contributed by atoms with van der Waals surface area (Å²) in [6, 6.07) is 15.0. The van der Waals surface area contributed by atoms with Gasteiger partial charge in [0.05, 0.1) is 65.9 Å². The number of carbonyl (C=O) groups is 2. The van der Waals surface area contributed by atoms with Crippen LogP contribution in [0.2, 0.25) is 10.0 Å². The van der Waals surface area contributed by atoms with Gasteiger partial charge in [0.25, 0.3) is 0 Å². The van der Waals surface area contributed by atoms with E-state index in [1.165, 1.54) is 31.9 Å². The van der Waals surface area contributed by atoms with Crippen LogP contribution in [0.3, 0.4) is 0 Å². The Labute approximate surface area is 391 Å². The van der Waals surface area contributed by atoms with Crippen LogP contribution in [0.1, 0.15) is 38.8 Å². The van der Waals surface area contributed by atoms with E-state index in [2.05, 4.69) is 30.6 Å². The molecular weight excluding hydrogens is 899 g/mol. The number of fused-ring (bicyclic) bond motifs is 2. The maximum atomic E-state index is 14.5. The van der Waals surface area contributed by atoms with E-state index in [0.717, 1.165) is 11.1 Å². The second-order valence-corrected chi connectivity index (χ2v) is 16.1. The standard InChI is InChI=1S/C23H27ClFN5O3.C23H26ClFN4O4/c1-13(11-32-3)30(14(2)22(26)31)10-15-8-16-19(9-20(15)33-4)27-12-28-23(16)29-18-7-5-6-17(24)21(18)25;1-13(11-32-3)29(14(2)23(30)31)10-15-8-16-19(9-20(15)33-4)26-12-27-22(16)28-18-7-5-6-17(24)21(18)25/h5-9,12-14H,10-11H2,1-4H3,(H2,26,31)(H,27,28,29);5-9,12-14H,10-11H2,1-4H3,(H,30,31)(H,26,27,28)/t2*13-,14-/m00/s1. The van der Waals surface area contributed by atoms with Crippen LogP contribution in [-0.4, -0.2) is 113 Å². The van der Waals surface area contributed by atoms with Crippen molar-refractivity contribution in [1.82, 2.24) is 29.7 Å². The largest absolute Gasteiger partial charge is 0.496 e. The van der Waals surface area contributed by atoms with Gasteiger partial charge in [0.15, 0.2) is 11.6 Å². The number of aromatic nitrogens is 4. The zero-order valence-corrected chi connectivity index (χ0v) is 39.2. The number of anilines is 4. The Balaban J connectivity index is 0.000000247. The van der Waals surface area contributed by atoms with E-state index in [1.54, 1.807) is 71.6 Å². The Hall–Kier alpha value is -6.02. The van der Waals surface area contributed by atoms with Crippen molar-refractivity contribution in [1.29, 1.82) is 0 Å².